The van der Waals surface area contributed by atoms with Crippen LogP contribution in [0.2, 0.25) is 0 Å². The van der Waals surface area contributed by atoms with Crippen molar-refractivity contribution in [3.05, 3.63) is 51.1 Å². The highest BCUT2D eigenvalue weighted by Gasteiger charge is 2.36. The molecule has 2 heterocycles. The SMILES string of the molecule is O=C1C[C@H](c2ccc(F)c(F)c2F)c2c(n(C3CCCC3)[nH]c2=O)N1. The Balaban J connectivity index is 1.87. The molecule has 1 aromatic heterocycles. The minimum absolute atomic E-state index is 0.0605. The maximum Gasteiger partial charge on any atom is 0.270 e. The fraction of sp³-hybridized carbons (Fsp3) is 0.412. The van der Waals surface area contributed by atoms with E-state index >= 15 is 0 Å². The molecule has 5 nitrogen and oxygen atoms in total. The van der Waals surface area contributed by atoms with E-state index in [2.05, 4.69) is 10.4 Å². The van der Waals surface area contributed by atoms with E-state index in [9.17, 15) is 22.8 Å². The van der Waals surface area contributed by atoms with Crippen molar-refractivity contribution in [1.29, 1.82) is 0 Å². The number of rotatable bonds is 2. The molecule has 1 saturated carbocycles. The summed E-state index contributed by atoms with van der Waals surface area (Å²) in [5.41, 5.74) is -0.447. The molecule has 0 bridgehead atoms. The Bertz CT molecular complexity index is 913. The Labute approximate surface area is 140 Å². The van der Waals surface area contributed by atoms with Crippen LogP contribution in [0.4, 0.5) is 19.0 Å². The van der Waals surface area contributed by atoms with Crippen molar-refractivity contribution in [2.45, 2.75) is 44.1 Å². The van der Waals surface area contributed by atoms with Gasteiger partial charge in [-0.3, -0.25) is 19.4 Å². The van der Waals surface area contributed by atoms with Gasteiger partial charge in [-0.15, -0.1) is 0 Å². The zero-order valence-electron chi connectivity index (χ0n) is 13.2. The summed E-state index contributed by atoms with van der Waals surface area (Å²) in [6.45, 7) is 0. The van der Waals surface area contributed by atoms with Crippen molar-refractivity contribution in [3.8, 4) is 0 Å². The smallest absolute Gasteiger partial charge is 0.270 e. The summed E-state index contributed by atoms with van der Waals surface area (Å²) >= 11 is 0. The average Bonchev–Trinajstić information content (AvgIpc) is 3.20. The van der Waals surface area contributed by atoms with Crippen LogP contribution in [0.5, 0.6) is 0 Å². The molecule has 1 atom stereocenters. The third-order valence-electron chi connectivity index (χ3n) is 5.09. The van der Waals surface area contributed by atoms with Crippen molar-refractivity contribution < 1.29 is 18.0 Å². The van der Waals surface area contributed by atoms with E-state index in [1.54, 1.807) is 4.68 Å². The Morgan fingerprint density at radius 1 is 1.04 bits per heavy atom. The number of hydrogen-bond donors (Lipinski definition) is 2. The minimum Gasteiger partial charge on any atom is -0.311 e. The van der Waals surface area contributed by atoms with E-state index in [0.717, 1.165) is 37.8 Å². The van der Waals surface area contributed by atoms with Gasteiger partial charge < -0.3 is 5.32 Å². The lowest BCUT2D eigenvalue weighted by Crippen LogP contribution is -2.28. The molecule has 25 heavy (non-hydrogen) atoms. The van der Waals surface area contributed by atoms with Crippen LogP contribution in [0.15, 0.2) is 16.9 Å². The number of anilines is 1. The zero-order valence-corrected chi connectivity index (χ0v) is 13.2. The van der Waals surface area contributed by atoms with Crippen LogP contribution in [0.25, 0.3) is 0 Å². The highest BCUT2D eigenvalue weighted by Crippen LogP contribution is 2.40. The first-order valence-corrected chi connectivity index (χ1v) is 8.25. The number of halogens is 3. The minimum atomic E-state index is -1.60. The highest BCUT2D eigenvalue weighted by atomic mass is 19.2. The molecule has 0 spiro atoms. The zero-order chi connectivity index (χ0) is 17.7. The molecule has 2 aliphatic rings. The molecule has 1 fully saturated rings. The normalized spacial score (nSPS) is 20.6. The van der Waals surface area contributed by atoms with Gasteiger partial charge in [0.25, 0.3) is 5.56 Å². The molecule has 0 radical (unpaired) electrons. The van der Waals surface area contributed by atoms with Crippen molar-refractivity contribution in [2.75, 3.05) is 5.32 Å². The van der Waals surface area contributed by atoms with Gasteiger partial charge in [0.15, 0.2) is 17.5 Å². The first kappa shape index (κ1) is 16.0. The molecular formula is C17H16F3N3O2. The summed E-state index contributed by atoms with van der Waals surface area (Å²) in [6, 6.07) is 1.96. The molecule has 0 saturated heterocycles. The van der Waals surface area contributed by atoms with Crippen LogP contribution < -0.4 is 10.9 Å². The molecule has 0 unspecified atom stereocenters. The van der Waals surface area contributed by atoms with Crippen LogP contribution in [0.1, 0.15) is 55.2 Å². The van der Waals surface area contributed by atoms with Gasteiger partial charge in [-0.2, -0.15) is 0 Å². The number of nitrogens with zero attached hydrogens (tertiary/aromatic N) is 1. The lowest BCUT2D eigenvalue weighted by molar-refractivity contribution is -0.116. The van der Waals surface area contributed by atoms with Gasteiger partial charge in [-0.05, 0) is 24.5 Å². The van der Waals surface area contributed by atoms with Gasteiger partial charge in [-0.1, -0.05) is 18.9 Å². The fourth-order valence-corrected chi connectivity index (χ4v) is 3.90. The van der Waals surface area contributed by atoms with Crippen LogP contribution in [0.3, 0.4) is 0 Å². The summed E-state index contributed by atoms with van der Waals surface area (Å²) in [5.74, 6) is -5.31. The maximum atomic E-state index is 14.2. The summed E-state index contributed by atoms with van der Waals surface area (Å²) in [7, 11) is 0. The third-order valence-corrected chi connectivity index (χ3v) is 5.09. The second kappa shape index (κ2) is 5.79. The molecule has 1 aromatic carbocycles. The Kier molecular flexibility index (Phi) is 3.70. The number of amides is 1. The van der Waals surface area contributed by atoms with Crippen molar-refractivity contribution in [1.82, 2.24) is 9.78 Å². The van der Waals surface area contributed by atoms with E-state index in [4.69, 9.17) is 0 Å². The topological polar surface area (TPSA) is 66.9 Å². The van der Waals surface area contributed by atoms with E-state index in [-0.39, 0.29) is 23.6 Å². The van der Waals surface area contributed by atoms with Crippen molar-refractivity contribution in [2.24, 2.45) is 0 Å². The second-order valence-corrected chi connectivity index (χ2v) is 6.58. The Morgan fingerprint density at radius 2 is 1.76 bits per heavy atom. The van der Waals surface area contributed by atoms with Crippen LogP contribution in [-0.4, -0.2) is 15.7 Å². The first-order chi connectivity index (χ1) is 12.0. The number of H-pyrrole nitrogens is 1. The highest BCUT2D eigenvalue weighted by molar-refractivity contribution is 5.94. The second-order valence-electron chi connectivity index (χ2n) is 6.58. The van der Waals surface area contributed by atoms with Crippen LogP contribution in [-0.2, 0) is 4.79 Å². The largest absolute Gasteiger partial charge is 0.311 e. The van der Waals surface area contributed by atoms with Gasteiger partial charge >= 0.3 is 0 Å². The summed E-state index contributed by atoms with van der Waals surface area (Å²) in [4.78, 5) is 24.6. The number of fused-ring (bicyclic) bond motifs is 1. The molecule has 2 N–H and O–H groups in total. The van der Waals surface area contributed by atoms with Crippen LogP contribution in [0, 0.1) is 17.5 Å². The average molecular weight is 351 g/mol. The number of carbonyl (C=O) groups is 1. The first-order valence-electron chi connectivity index (χ1n) is 8.25. The number of aromatic nitrogens is 2. The van der Waals surface area contributed by atoms with Crippen molar-refractivity contribution in [3.63, 3.8) is 0 Å². The fourth-order valence-electron chi connectivity index (χ4n) is 3.90. The molecular weight excluding hydrogens is 335 g/mol. The Hall–Kier alpha value is -2.51. The van der Waals surface area contributed by atoms with Gasteiger partial charge in [-0.25, -0.2) is 13.2 Å². The number of hydrogen-bond acceptors (Lipinski definition) is 2. The Morgan fingerprint density at radius 3 is 2.48 bits per heavy atom. The van der Waals surface area contributed by atoms with Gasteiger partial charge in [0.2, 0.25) is 5.91 Å². The van der Waals surface area contributed by atoms with E-state index < -0.39 is 34.8 Å². The lowest BCUT2D eigenvalue weighted by Gasteiger charge is -2.25. The maximum absolute atomic E-state index is 14.2. The molecule has 4 rings (SSSR count). The summed E-state index contributed by atoms with van der Waals surface area (Å²) in [6.07, 6.45) is 3.59. The lowest BCUT2D eigenvalue weighted by atomic mass is 9.86. The number of nitrogens with one attached hydrogen (secondary N) is 2. The molecule has 8 heteroatoms. The monoisotopic (exact) mass is 351 g/mol. The summed E-state index contributed by atoms with van der Waals surface area (Å²) < 4.78 is 42.7. The number of benzene rings is 1. The molecule has 1 aliphatic heterocycles. The third kappa shape index (κ3) is 2.47. The molecule has 2 aromatic rings. The predicted octanol–water partition coefficient (Wildman–Crippen LogP) is 3.18. The summed E-state index contributed by atoms with van der Waals surface area (Å²) in [5, 5.41) is 5.39. The standard InChI is InChI=1S/C17H16F3N3O2/c18-11-6-5-9(14(19)15(11)20)10-7-12(24)21-16-13(10)17(25)22-23(16)8-3-1-2-4-8/h5-6,8,10H,1-4,7H2,(H,21,24)(H,22,25)/t10-/m1/s1. The van der Waals surface area contributed by atoms with Crippen molar-refractivity contribution >= 4 is 11.7 Å². The number of aromatic amines is 1. The molecule has 1 amide bonds. The number of carbonyl (C=O) groups excluding carboxylic acids is 1. The molecule has 132 valence electrons. The van der Waals surface area contributed by atoms with Gasteiger partial charge in [0.05, 0.1) is 11.6 Å². The van der Waals surface area contributed by atoms with Crippen LogP contribution >= 0.6 is 0 Å². The van der Waals surface area contributed by atoms with E-state index in [0.29, 0.717) is 5.82 Å². The predicted molar refractivity (Wildman–Crippen MR) is 84.0 cm³/mol. The van der Waals surface area contributed by atoms with E-state index in [1.165, 1.54) is 0 Å². The quantitative estimate of drug-likeness (QED) is 0.816. The molecule has 1 aliphatic carbocycles. The van der Waals surface area contributed by atoms with Gasteiger partial charge in [0.1, 0.15) is 5.82 Å². The van der Waals surface area contributed by atoms with Gasteiger partial charge in [0, 0.05) is 12.3 Å². The van der Waals surface area contributed by atoms with E-state index in [1.807, 2.05) is 0 Å².